The maximum atomic E-state index is 12.7. The van der Waals surface area contributed by atoms with Crippen LogP contribution in [-0.2, 0) is 0 Å². The summed E-state index contributed by atoms with van der Waals surface area (Å²) in [7, 11) is 1.67. The average Bonchev–Trinajstić information content (AvgIpc) is 3.00. The zero-order chi connectivity index (χ0) is 19.5. The zero-order valence-corrected chi connectivity index (χ0v) is 16.1. The third-order valence-corrected chi connectivity index (χ3v) is 5.49. The molecular weight excluding hydrogens is 348 g/mol. The summed E-state index contributed by atoms with van der Waals surface area (Å²) < 4.78 is 5.44. The highest BCUT2D eigenvalue weighted by atomic mass is 16.5. The van der Waals surface area contributed by atoms with Crippen LogP contribution in [0.4, 0.5) is 10.5 Å². The highest BCUT2D eigenvalue weighted by Gasteiger charge is 2.39. The summed E-state index contributed by atoms with van der Waals surface area (Å²) in [5.74, 6) is 1.24. The van der Waals surface area contributed by atoms with Crippen LogP contribution in [0.25, 0.3) is 0 Å². The summed E-state index contributed by atoms with van der Waals surface area (Å²) >= 11 is 0. The van der Waals surface area contributed by atoms with Crippen LogP contribution < -0.4 is 15.4 Å². The van der Waals surface area contributed by atoms with Crippen LogP contribution in [-0.4, -0.2) is 13.1 Å². The lowest BCUT2D eigenvalue weighted by Gasteiger charge is -2.23. The average molecular weight is 372 g/mol. The lowest BCUT2D eigenvalue weighted by molar-refractivity contribution is 0.244. The van der Waals surface area contributed by atoms with E-state index in [1.54, 1.807) is 7.11 Å². The summed E-state index contributed by atoms with van der Waals surface area (Å²) in [5.41, 5.74) is 4.39. The SMILES string of the molecule is COc1ccc2c(c1)[C@@H](NC(=O)Nc1ccccc1)[C@H](C)[C@H]2c1ccccc1. The Morgan fingerprint density at radius 1 is 0.893 bits per heavy atom. The van der Waals surface area contributed by atoms with Crippen molar-refractivity contribution < 1.29 is 9.53 Å². The number of carbonyl (C=O) groups is 1. The van der Waals surface area contributed by atoms with Crippen molar-refractivity contribution in [1.29, 1.82) is 0 Å². The second kappa shape index (κ2) is 7.77. The van der Waals surface area contributed by atoms with E-state index in [0.717, 1.165) is 17.0 Å². The first-order chi connectivity index (χ1) is 13.7. The molecule has 0 radical (unpaired) electrons. The van der Waals surface area contributed by atoms with Crippen LogP contribution in [0.1, 0.15) is 35.6 Å². The van der Waals surface area contributed by atoms with Gasteiger partial charge >= 0.3 is 6.03 Å². The fourth-order valence-electron chi connectivity index (χ4n) is 4.17. The molecule has 0 aromatic heterocycles. The summed E-state index contributed by atoms with van der Waals surface area (Å²) in [5, 5.41) is 6.10. The van der Waals surface area contributed by atoms with Crippen LogP contribution in [0.3, 0.4) is 0 Å². The number of methoxy groups -OCH3 is 1. The number of nitrogens with one attached hydrogen (secondary N) is 2. The second-order valence-electron chi connectivity index (χ2n) is 7.18. The van der Waals surface area contributed by atoms with E-state index in [4.69, 9.17) is 4.74 Å². The van der Waals surface area contributed by atoms with Crippen molar-refractivity contribution in [2.75, 3.05) is 12.4 Å². The highest BCUT2D eigenvalue weighted by Crippen LogP contribution is 2.49. The molecule has 142 valence electrons. The number of hydrogen-bond donors (Lipinski definition) is 2. The largest absolute Gasteiger partial charge is 0.497 e. The molecule has 28 heavy (non-hydrogen) atoms. The first-order valence-electron chi connectivity index (χ1n) is 9.52. The predicted molar refractivity (Wildman–Crippen MR) is 112 cm³/mol. The van der Waals surface area contributed by atoms with Gasteiger partial charge in [-0.2, -0.15) is 0 Å². The van der Waals surface area contributed by atoms with Crippen molar-refractivity contribution in [3.8, 4) is 5.75 Å². The van der Waals surface area contributed by atoms with Crippen molar-refractivity contribution in [1.82, 2.24) is 5.32 Å². The number of benzene rings is 3. The molecule has 0 unspecified atom stereocenters. The maximum Gasteiger partial charge on any atom is 0.319 e. The Kier molecular flexibility index (Phi) is 5.02. The Morgan fingerprint density at radius 2 is 1.57 bits per heavy atom. The Balaban J connectivity index is 1.64. The van der Waals surface area contributed by atoms with Crippen molar-refractivity contribution in [3.63, 3.8) is 0 Å². The molecule has 0 bridgehead atoms. The molecule has 1 aliphatic rings. The summed E-state index contributed by atoms with van der Waals surface area (Å²) in [6, 6.07) is 25.8. The summed E-state index contributed by atoms with van der Waals surface area (Å²) in [6.45, 7) is 2.19. The standard InChI is InChI=1S/C24H24N2O2/c1-16-22(17-9-5-3-6-10-17)20-14-13-19(28-2)15-21(20)23(16)26-24(27)25-18-11-7-4-8-12-18/h3-16,22-23H,1-2H3,(H2,25,26,27)/t16-,22+,23+/m1/s1. The second-order valence-corrected chi connectivity index (χ2v) is 7.18. The molecule has 3 aromatic carbocycles. The third-order valence-electron chi connectivity index (χ3n) is 5.49. The lowest BCUT2D eigenvalue weighted by Crippen LogP contribution is -2.34. The van der Waals surface area contributed by atoms with Gasteiger partial charge in [0.2, 0.25) is 0 Å². The normalized spacial score (nSPS) is 20.3. The Hall–Kier alpha value is -3.27. The zero-order valence-electron chi connectivity index (χ0n) is 16.1. The minimum Gasteiger partial charge on any atom is -0.497 e. The smallest absolute Gasteiger partial charge is 0.319 e. The van der Waals surface area contributed by atoms with Crippen LogP contribution >= 0.6 is 0 Å². The first-order valence-corrected chi connectivity index (χ1v) is 9.52. The van der Waals surface area contributed by atoms with E-state index >= 15 is 0 Å². The highest BCUT2D eigenvalue weighted by molar-refractivity contribution is 5.89. The molecule has 0 saturated heterocycles. The fraction of sp³-hybridized carbons (Fsp3) is 0.208. The van der Waals surface area contributed by atoms with E-state index in [9.17, 15) is 4.79 Å². The molecule has 0 heterocycles. The van der Waals surface area contributed by atoms with Gasteiger partial charge in [-0.1, -0.05) is 61.5 Å². The molecule has 0 spiro atoms. The minimum absolute atomic E-state index is 0.0981. The van der Waals surface area contributed by atoms with Gasteiger partial charge in [-0.15, -0.1) is 0 Å². The Morgan fingerprint density at radius 3 is 2.25 bits per heavy atom. The lowest BCUT2D eigenvalue weighted by atomic mass is 9.86. The molecule has 3 atom stereocenters. The minimum atomic E-state index is -0.203. The molecule has 2 amide bonds. The first kappa shape index (κ1) is 18.1. The number of carbonyl (C=O) groups excluding carboxylic acids is 1. The van der Waals surface area contributed by atoms with Gasteiger partial charge in [0.15, 0.2) is 0 Å². The number of anilines is 1. The molecule has 3 aromatic rings. The van der Waals surface area contributed by atoms with Crippen LogP contribution in [0, 0.1) is 5.92 Å². The van der Waals surface area contributed by atoms with Gasteiger partial charge in [0, 0.05) is 11.6 Å². The number of rotatable bonds is 4. The predicted octanol–water partition coefficient (Wildman–Crippen LogP) is 5.34. The molecule has 2 N–H and O–H groups in total. The molecule has 4 heteroatoms. The van der Waals surface area contributed by atoms with Gasteiger partial charge in [-0.25, -0.2) is 4.79 Å². The quantitative estimate of drug-likeness (QED) is 0.649. The van der Waals surface area contributed by atoms with E-state index in [-0.39, 0.29) is 23.9 Å². The monoisotopic (exact) mass is 372 g/mol. The molecular formula is C24H24N2O2. The number of ether oxygens (including phenoxy) is 1. The van der Waals surface area contributed by atoms with E-state index in [2.05, 4.69) is 47.9 Å². The number of amides is 2. The van der Waals surface area contributed by atoms with E-state index in [0.29, 0.717) is 0 Å². The Bertz CT molecular complexity index is 957. The Labute approximate surface area is 165 Å². The number of hydrogen-bond acceptors (Lipinski definition) is 2. The van der Waals surface area contributed by atoms with Crippen molar-refractivity contribution in [2.24, 2.45) is 5.92 Å². The third kappa shape index (κ3) is 3.46. The van der Waals surface area contributed by atoms with Gasteiger partial charge in [-0.3, -0.25) is 0 Å². The molecule has 1 aliphatic carbocycles. The molecule has 0 saturated carbocycles. The summed E-state index contributed by atoms with van der Waals surface area (Å²) in [6.07, 6.45) is 0. The molecule has 0 fully saturated rings. The van der Waals surface area contributed by atoms with E-state index in [1.165, 1.54) is 11.1 Å². The van der Waals surface area contributed by atoms with E-state index in [1.807, 2.05) is 48.5 Å². The fourth-order valence-corrected chi connectivity index (χ4v) is 4.17. The van der Waals surface area contributed by atoms with Gasteiger partial charge in [0.05, 0.1) is 13.2 Å². The maximum absolute atomic E-state index is 12.7. The van der Waals surface area contributed by atoms with Crippen molar-refractivity contribution >= 4 is 11.7 Å². The van der Waals surface area contributed by atoms with E-state index < -0.39 is 0 Å². The molecule has 4 nitrogen and oxygen atoms in total. The summed E-state index contributed by atoms with van der Waals surface area (Å²) in [4.78, 5) is 12.7. The number of para-hydroxylation sites is 1. The van der Waals surface area contributed by atoms with Crippen LogP contribution in [0.5, 0.6) is 5.75 Å². The molecule has 4 rings (SSSR count). The van der Waals surface area contributed by atoms with Gasteiger partial charge < -0.3 is 15.4 Å². The van der Waals surface area contributed by atoms with Gasteiger partial charge in [0.1, 0.15) is 5.75 Å². The van der Waals surface area contributed by atoms with Gasteiger partial charge in [-0.05, 0) is 46.9 Å². The molecule has 0 aliphatic heterocycles. The van der Waals surface area contributed by atoms with Crippen molar-refractivity contribution in [2.45, 2.75) is 18.9 Å². The van der Waals surface area contributed by atoms with Crippen LogP contribution in [0.15, 0.2) is 78.9 Å². The number of fused-ring (bicyclic) bond motifs is 1. The topological polar surface area (TPSA) is 50.4 Å². The van der Waals surface area contributed by atoms with Crippen molar-refractivity contribution in [3.05, 3.63) is 95.6 Å². The number of urea groups is 1. The van der Waals surface area contributed by atoms with Crippen LogP contribution in [0.2, 0.25) is 0 Å². The van der Waals surface area contributed by atoms with Gasteiger partial charge in [0.25, 0.3) is 0 Å².